The van der Waals surface area contributed by atoms with Crippen LogP contribution in [-0.2, 0) is 0 Å². The average molecular weight is 789 g/mol. The third kappa shape index (κ3) is 6.04. The first kappa shape index (κ1) is 35.7. The number of anilines is 3. The van der Waals surface area contributed by atoms with Crippen molar-refractivity contribution in [2.45, 2.75) is 0 Å². The molecule has 0 spiro atoms. The normalized spacial score (nSPS) is 11.5. The van der Waals surface area contributed by atoms with Crippen LogP contribution in [0.5, 0.6) is 0 Å². The minimum atomic E-state index is 1.09. The maximum atomic E-state index is 2.45. The molecule has 2 nitrogen and oxygen atoms in total. The van der Waals surface area contributed by atoms with Crippen molar-refractivity contribution >= 4 is 71.2 Å². The van der Waals surface area contributed by atoms with Gasteiger partial charge in [-0.1, -0.05) is 182 Å². The maximum absolute atomic E-state index is 2.45. The van der Waals surface area contributed by atoms with Crippen LogP contribution in [-0.4, -0.2) is 4.57 Å². The molecular formula is C60H40N2. The highest BCUT2D eigenvalue weighted by atomic mass is 15.1. The maximum Gasteiger partial charge on any atom is 0.0619 e. The van der Waals surface area contributed by atoms with E-state index in [1.54, 1.807) is 0 Å². The number of rotatable bonds is 7. The van der Waals surface area contributed by atoms with E-state index in [-0.39, 0.29) is 0 Å². The number of nitrogens with zero attached hydrogens (tertiary/aromatic N) is 2. The van der Waals surface area contributed by atoms with Gasteiger partial charge in [0.15, 0.2) is 0 Å². The zero-order valence-electron chi connectivity index (χ0n) is 34.0. The minimum Gasteiger partial charge on any atom is -0.310 e. The quantitative estimate of drug-likeness (QED) is 0.146. The van der Waals surface area contributed by atoms with Crippen molar-refractivity contribution in [1.29, 1.82) is 0 Å². The Morgan fingerprint density at radius 2 is 0.823 bits per heavy atom. The molecule has 0 aliphatic rings. The van der Waals surface area contributed by atoms with Crippen molar-refractivity contribution in [3.05, 3.63) is 243 Å². The highest BCUT2D eigenvalue weighted by Crippen LogP contribution is 2.44. The Labute approximate surface area is 360 Å². The van der Waals surface area contributed by atoms with Crippen molar-refractivity contribution in [1.82, 2.24) is 4.57 Å². The van der Waals surface area contributed by atoms with Crippen molar-refractivity contribution in [2.24, 2.45) is 0 Å². The van der Waals surface area contributed by atoms with Gasteiger partial charge in [0.05, 0.1) is 11.0 Å². The van der Waals surface area contributed by atoms with Gasteiger partial charge in [-0.15, -0.1) is 0 Å². The number of hydrogen-bond donors (Lipinski definition) is 0. The fraction of sp³-hybridized carbons (Fsp3) is 0. The van der Waals surface area contributed by atoms with Crippen molar-refractivity contribution in [2.75, 3.05) is 4.90 Å². The Balaban J connectivity index is 1.01. The molecular weight excluding hydrogens is 749 g/mol. The van der Waals surface area contributed by atoms with E-state index in [4.69, 9.17) is 0 Å². The molecule has 0 N–H and O–H groups in total. The molecule has 12 aromatic rings. The van der Waals surface area contributed by atoms with Crippen LogP contribution in [0.3, 0.4) is 0 Å². The number of hydrogen-bond acceptors (Lipinski definition) is 1. The molecule has 0 radical (unpaired) electrons. The summed E-state index contributed by atoms with van der Waals surface area (Å²) in [5.74, 6) is 0. The number of fused-ring (bicyclic) bond motifs is 8. The lowest BCUT2D eigenvalue weighted by Gasteiger charge is -2.27. The van der Waals surface area contributed by atoms with Gasteiger partial charge < -0.3 is 9.47 Å². The Hall–Kier alpha value is -8.20. The fourth-order valence-electron chi connectivity index (χ4n) is 9.62. The van der Waals surface area contributed by atoms with E-state index in [0.717, 1.165) is 28.3 Å². The summed E-state index contributed by atoms with van der Waals surface area (Å²) in [5.41, 5.74) is 14.0. The van der Waals surface area contributed by atoms with E-state index < -0.39 is 0 Å². The van der Waals surface area contributed by atoms with Crippen LogP contribution in [0.4, 0.5) is 17.1 Å². The van der Waals surface area contributed by atoms with Crippen LogP contribution in [0.1, 0.15) is 0 Å². The van der Waals surface area contributed by atoms with Crippen LogP contribution in [0.2, 0.25) is 0 Å². The fourth-order valence-corrected chi connectivity index (χ4v) is 9.62. The van der Waals surface area contributed by atoms with Gasteiger partial charge in [-0.05, 0) is 121 Å². The monoisotopic (exact) mass is 788 g/mol. The first-order chi connectivity index (χ1) is 30.7. The van der Waals surface area contributed by atoms with Gasteiger partial charge in [0.1, 0.15) is 0 Å². The Kier molecular flexibility index (Phi) is 8.53. The SMILES string of the molecule is c1ccc(-c2cccc(N(c3ccc(-c4ccc5c(ccc6ccccc65)c4)cc3)c3cccc(-c4cccc5c4c4ccc6ccccc6c4n5-c4ccccc4)c3)c2)cc1. The lowest BCUT2D eigenvalue weighted by Crippen LogP contribution is -2.10. The molecule has 11 aromatic carbocycles. The molecule has 0 fully saturated rings. The summed E-state index contributed by atoms with van der Waals surface area (Å²) < 4.78 is 2.45. The number of benzene rings is 11. The molecule has 0 unspecified atom stereocenters. The lowest BCUT2D eigenvalue weighted by molar-refractivity contribution is 1.19. The van der Waals surface area contributed by atoms with Gasteiger partial charge in [0.25, 0.3) is 0 Å². The van der Waals surface area contributed by atoms with Gasteiger partial charge in [0, 0.05) is 38.9 Å². The zero-order chi connectivity index (χ0) is 41.0. The predicted molar refractivity (Wildman–Crippen MR) is 264 cm³/mol. The molecule has 12 rings (SSSR count). The number of para-hydroxylation sites is 1. The van der Waals surface area contributed by atoms with Crippen LogP contribution in [0, 0.1) is 0 Å². The third-order valence-electron chi connectivity index (χ3n) is 12.5. The van der Waals surface area contributed by atoms with Gasteiger partial charge in [-0.25, -0.2) is 0 Å². The molecule has 1 aromatic heterocycles. The van der Waals surface area contributed by atoms with E-state index in [1.807, 2.05) is 0 Å². The first-order valence-electron chi connectivity index (χ1n) is 21.3. The largest absolute Gasteiger partial charge is 0.310 e. The van der Waals surface area contributed by atoms with Gasteiger partial charge in [-0.2, -0.15) is 0 Å². The van der Waals surface area contributed by atoms with E-state index in [1.165, 1.54) is 81.9 Å². The van der Waals surface area contributed by atoms with Gasteiger partial charge in [0.2, 0.25) is 0 Å². The molecule has 1 heterocycles. The molecule has 0 atom stereocenters. The number of aromatic nitrogens is 1. The summed E-state index contributed by atoms with van der Waals surface area (Å²) in [6, 6.07) is 88.5. The average Bonchev–Trinajstić information content (AvgIpc) is 3.70. The van der Waals surface area contributed by atoms with E-state index in [2.05, 4.69) is 252 Å². The van der Waals surface area contributed by atoms with Gasteiger partial charge >= 0.3 is 0 Å². The van der Waals surface area contributed by atoms with E-state index in [0.29, 0.717) is 0 Å². The van der Waals surface area contributed by atoms with Crippen LogP contribution in [0.15, 0.2) is 243 Å². The summed E-state index contributed by atoms with van der Waals surface area (Å²) in [4.78, 5) is 2.40. The Bertz CT molecular complexity index is 3620. The second-order valence-corrected chi connectivity index (χ2v) is 16.1. The zero-order valence-corrected chi connectivity index (χ0v) is 34.0. The molecule has 290 valence electrons. The third-order valence-corrected chi connectivity index (χ3v) is 12.5. The van der Waals surface area contributed by atoms with Crippen LogP contribution < -0.4 is 4.90 Å². The summed E-state index contributed by atoms with van der Waals surface area (Å²) in [7, 11) is 0. The second kappa shape index (κ2) is 14.8. The summed E-state index contributed by atoms with van der Waals surface area (Å²) in [6.07, 6.45) is 0. The van der Waals surface area contributed by atoms with E-state index in [9.17, 15) is 0 Å². The highest BCUT2D eigenvalue weighted by Gasteiger charge is 2.20. The lowest BCUT2D eigenvalue weighted by atomic mass is 9.97. The van der Waals surface area contributed by atoms with Gasteiger partial charge in [-0.3, -0.25) is 0 Å². The smallest absolute Gasteiger partial charge is 0.0619 e. The topological polar surface area (TPSA) is 8.17 Å². The molecule has 0 amide bonds. The molecule has 0 saturated heterocycles. The minimum absolute atomic E-state index is 1.09. The molecule has 0 bridgehead atoms. The van der Waals surface area contributed by atoms with Crippen molar-refractivity contribution < 1.29 is 0 Å². The van der Waals surface area contributed by atoms with Crippen molar-refractivity contribution in [3.63, 3.8) is 0 Å². The molecule has 2 heteroatoms. The van der Waals surface area contributed by atoms with Crippen LogP contribution in [0.25, 0.3) is 93.2 Å². The summed E-state index contributed by atoms with van der Waals surface area (Å²) in [6.45, 7) is 0. The van der Waals surface area contributed by atoms with Crippen LogP contribution >= 0.6 is 0 Å². The highest BCUT2D eigenvalue weighted by molar-refractivity contribution is 6.22. The van der Waals surface area contributed by atoms with Crippen molar-refractivity contribution in [3.8, 4) is 39.1 Å². The molecule has 0 aliphatic carbocycles. The molecule has 0 saturated carbocycles. The second-order valence-electron chi connectivity index (χ2n) is 16.1. The van der Waals surface area contributed by atoms with E-state index >= 15 is 0 Å². The predicted octanol–water partition coefficient (Wildman–Crippen LogP) is 16.7. The summed E-state index contributed by atoms with van der Waals surface area (Å²) >= 11 is 0. The standard InChI is InChI=1S/C60H40N2/c1-3-14-41(15-4-1)45-18-11-22-51(39-45)61(50-34-30-42(31-35-50)46-33-36-54-48(38-46)29-28-43-16-7-9-24-53(43)54)52-23-12-19-47(40-52)55-26-13-27-58-59(55)57-37-32-44-17-8-10-25-56(44)60(57)62(58)49-20-5-2-6-21-49/h1-40H. The Morgan fingerprint density at radius 3 is 1.61 bits per heavy atom. The molecule has 0 aliphatic heterocycles. The first-order valence-corrected chi connectivity index (χ1v) is 21.3. The Morgan fingerprint density at radius 1 is 0.290 bits per heavy atom. The summed E-state index contributed by atoms with van der Waals surface area (Å²) in [5, 5.41) is 10.1. The molecule has 62 heavy (non-hydrogen) atoms.